The third-order valence-electron chi connectivity index (χ3n) is 6.39. The maximum atomic E-state index is 13.0. The second-order valence-electron chi connectivity index (χ2n) is 9.12. The van der Waals surface area contributed by atoms with Crippen molar-refractivity contribution in [1.29, 1.82) is 0 Å². The van der Waals surface area contributed by atoms with E-state index in [2.05, 4.69) is 5.32 Å². The lowest BCUT2D eigenvalue weighted by Crippen LogP contribution is -2.30. The van der Waals surface area contributed by atoms with E-state index in [1.54, 1.807) is 56.7 Å². The van der Waals surface area contributed by atoms with Crippen molar-refractivity contribution in [3.8, 4) is 34.0 Å². The number of methoxy groups -OCH3 is 2. The van der Waals surface area contributed by atoms with Gasteiger partial charge in [0.2, 0.25) is 0 Å². The van der Waals surface area contributed by atoms with Crippen LogP contribution in [0, 0.1) is 0 Å². The summed E-state index contributed by atoms with van der Waals surface area (Å²) in [4.78, 5) is 35.4. The first-order valence-corrected chi connectivity index (χ1v) is 13.1. The summed E-state index contributed by atoms with van der Waals surface area (Å²) in [6.45, 7) is 1.51. The van der Waals surface area contributed by atoms with Gasteiger partial charge < -0.3 is 19.5 Å². The van der Waals surface area contributed by atoms with Crippen molar-refractivity contribution >= 4 is 40.2 Å². The Morgan fingerprint density at radius 3 is 1.80 bits per heavy atom. The molecule has 0 radical (unpaired) electrons. The van der Waals surface area contributed by atoms with E-state index >= 15 is 0 Å². The van der Waals surface area contributed by atoms with Crippen molar-refractivity contribution in [2.45, 2.75) is 13.0 Å². The molecule has 206 valence electrons. The number of nitrogens with zero attached hydrogens (tertiary/aromatic N) is 2. The zero-order valence-electron chi connectivity index (χ0n) is 22.6. The van der Waals surface area contributed by atoms with E-state index in [1.165, 1.54) is 6.92 Å². The highest BCUT2D eigenvalue weighted by atomic mass is 35.5. The van der Waals surface area contributed by atoms with Gasteiger partial charge in [0.25, 0.3) is 5.91 Å². The van der Waals surface area contributed by atoms with Gasteiger partial charge in [-0.25, -0.2) is 14.8 Å². The Morgan fingerprint density at radius 1 is 0.732 bits per heavy atom. The number of hydrogen-bond acceptors (Lipinski definition) is 7. The third kappa shape index (κ3) is 6.28. The lowest BCUT2D eigenvalue weighted by molar-refractivity contribution is -0.123. The molecule has 0 bridgehead atoms. The molecule has 9 heteroatoms. The fraction of sp³-hybridized carbons (Fsp3) is 0.125. The number of aromatic nitrogens is 2. The Hall–Kier alpha value is -4.95. The molecule has 0 spiro atoms. The van der Waals surface area contributed by atoms with Crippen LogP contribution in [-0.2, 0) is 9.53 Å². The van der Waals surface area contributed by atoms with Crippen molar-refractivity contribution in [3.63, 3.8) is 0 Å². The molecule has 1 aromatic heterocycles. The molecular weight excluding hydrogens is 542 g/mol. The molecule has 0 saturated heterocycles. The Morgan fingerprint density at radius 2 is 1.27 bits per heavy atom. The number of halogens is 1. The summed E-state index contributed by atoms with van der Waals surface area (Å²) >= 11 is 5.90. The summed E-state index contributed by atoms with van der Waals surface area (Å²) in [6, 6.07) is 26.6. The lowest BCUT2D eigenvalue weighted by Gasteiger charge is -2.14. The fourth-order valence-corrected chi connectivity index (χ4v) is 4.27. The molecule has 1 atom stereocenters. The van der Waals surface area contributed by atoms with Crippen molar-refractivity contribution < 1.29 is 23.8 Å². The molecule has 0 saturated carbocycles. The van der Waals surface area contributed by atoms with Crippen LogP contribution in [0.5, 0.6) is 11.5 Å². The Labute approximate surface area is 241 Å². The molecule has 0 aliphatic heterocycles. The quantitative estimate of drug-likeness (QED) is 0.205. The largest absolute Gasteiger partial charge is 0.497 e. The minimum absolute atomic E-state index is 0.246. The van der Waals surface area contributed by atoms with Gasteiger partial charge in [-0.1, -0.05) is 11.6 Å². The van der Waals surface area contributed by atoms with Crippen molar-refractivity contribution in [2.24, 2.45) is 0 Å². The first-order chi connectivity index (χ1) is 19.8. The van der Waals surface area contributed by atoms with Crippen LogP contribution in [0.2, 0.25) is 5.02 Å². The standard InChI is InChI=1S/C32H26ClN3O5/c1-19(31(37)34-24-11-9-23(33)10-12-24)41-32(38)22-8-17-27-28(18-22)36-30(21-6-15-26(40-3)16-7-21)29(35-27)20-4-13-25(39-2)14-5-20/h4-19H,1-3H3,(H,34,37). The molecule has 1 amide bonds. The van der Waals surface area contributed by atoms with Crippen LogP contribution in [0.25, 0.3) is 33.5 Å². The summed E-state index contributed by atoms with van der Waals surface area (Å²) in [7, 11) is 3.22. The molecule has 0 aliphatic carbocycles. The lowest BCUT2D eigenvalue weighted by atomic mass is 10.0. The van der Waals surface area contributed by atoms with Crippen LogP contribution in [0.3, 0.4) is 0 Å². The first-order valence-electron chi connectivity index (χ1n) is 12.7. The summed E-state index contributed by atoms with van der Waals surface area (Å²) in [5, 5.41) is 3.25. The molecule has 41 heavy (non-hydrogen) atoms. The Kier molecular flexibility index (Phi) is 8.12. The third-order valence-corrected chi connectivity index (χ3v) is 6.64. The highest BCUT2D eigenvalue weighted by molar-refractivity contribution is 6.30. The van der Waals surface area contributed by atoms with E-state index < -0.39 is 18.0 Å². The highest BCUT2D eigenvalue weighted by Gasteiger charge is 2.21. The summed E-state index contributed by atoms with van der Waals surface area (Å²) in [6.07, 6.45) is -1.03. The Balaban J connectivity index is 1.45. The molecule has 5 rings (SSSR count). The molecule has 8 nitrogen and oxygen atoms in total. The van der Waals surface area contributed by atoms with Crippen LogP contribution in [0.15, 0.2) is 91.0 Å². The van der Waals surface area contributed by atoms with Crippen LogP contribution in [0.1, 0.15) is 17.3 Å². The van der Waals surface area contributed by atoms with Gasteiger partial charge in [-0.05, 0) is 97.9 Å². The zero-order chi connectivity index (χ0) is 28.9. The first kappa shape index (κ1) is 27.6. The van der Waals surface area contributed by atoms with Crippen LogP contribution in [-0.4, -0.2) is 42.2 Å². The van der Waals surface area contributed by atoms with Gasteiger partial charge >= 0.3 is 5.97 Å². The summed E-state index contributed by atoms with van der Waals surface area (Å²) in [5.41, 5.74) is 4.87. The average molecular weight is 568 g/mol. The molecule has 1 unspecified atom stereocenters. The number of benzene rings is 4. The van der Waals surface area contributed by atoms with E-state index in [-0.39, 0.29) is 5.56 Å². The molecule has 0 fully saturated rings. The molecule has 1 N–H and O–H groups in total. The van der Waals surface area contributed by atoms with Gasteiger partial charge in [-0.2, -0.15) is 0 Å². The minimum atomic E-state index is -1.03. The number of carbonyl (C=O) groups excluding carboxylic acids is 2. The second-order valence-corrected chi connectivity index (χ2v) is 9.56. The zero-order valence-corrected chi connectivity index (χ0v) is 23.3. The molecule has 1 heterocycles. The number of amides is 1. The highest BCUT2D eigenvalue weighted by Crippen LogP contribution is 2.33. The van der Waals surface area contributed by atoms with Crippen molar-refractivity contribution in [1.82, 2.24) is 9.97 Å². The van der Waals surface area contributed by atoms with Crippen molar-refractivity contribution in [2.75, 3.05) is 19.5 Å². The molecule has 4 aromatic carbocycles. The fourth-order valence-electron chi connectivity index (χ4n) is 4.14. The summed E-state index contributed by atoms with van der Waals surface area (Å²) in [5.74, 6) is 0.324. The number of anilines is 1. The van der Waals surface area contributed by atoms with Gasteiger partial charge in [0.1, 0.15) is 11.5 Å². The number of fused-ring (bicyclic) bond motifs is 1. The number of carbonyl (C=O) groups is 2. The molecule has 5 aromatic rings. The molecule has 0 aliphatic rings. The number of hydrogen-bond donors (Lipinski definition) is 1. The number of nitrogens with one attached hydrogen (secondary N) is 1. The minimum Gasteiger partial charge on any atom is -0.497 e. The van der Waals surface area contributed by atoms with E-state index in [1.807, 2.05) is 48.5 Å². The Bertz CT molecular complexity index is 1710. The van der Waals surface area contributed by atoms with Gasteiger partial charge in [0, 0.05) is 21.8 Å². The average Bonchev–Trinajstić information content (AvgIpc) is 3.01. The summed E-state index contributed by atoms with van der Waals surface area (Å²) < 4.78 is 16.1. The van der Waals surface area contributed by atoms with Crippen molar-refractivity contribution in [3.05, 3.63) is 102 Å². The van der Waals surface area contributed by atoms with Gasteiger partial charge in [-0.3, -0.25) is 4.79 Å². The number of ether oxygens (including phenoxy) is 3. The van der Waals surface area contributed by atoms with Gasteiger partial charge in [-0.15, -0.1) is 0 Å². The maximum Gasteiger partial charge on any atom is 0.338 e. The SMILES string of the molecule is COc1ccc(-c2nc3ccc(C(=O)OC(C)C(=O)Nc4ccc(Cl)cc4)cc3nc2-c2ccc(OC)cc2)cc1. The predicted molar refractivity (Wildman–Crippen MR) is 158 cm³/mol. The molecular formula is C32H26ClN3O5. The second kappa shape index (κ2) is 12.1. The van der Waals surface area contributed by atoms with E-state index in [4.69, 9.17) is 35.8 Å². The number of esters is 1. The van der Waals surface area contributed by atoms with Crippen LogP contribution in [0.4, 0.5) is 5.69 Å². The monoisotopic (exact) mass is 567 g/mol. The van der Waals surface area contributed by atoms with E-state index in [0.717, 1.165) is 16.9 Å². The predicted octanol–water partition coefficient (Wildman–Crippen LogP) is 6.82. The topological polar surface area (TPSA) is 99.6 Å². The smallest absolute Gasteiger partial charge is 0.338 e. The van der Waals surface area contributed by atoms with E-state index in [9.17, 15) is 9.59 Å². The van der Waals surface area contributed by atoms with Gasteiger partial charge in [0.15, 0.2) is 6.10 Å². The van der Waals surface area contributed by atoms with Crippen LogP contribution < -0.4 is 14.8 Å². The number of rotatable bonds is 8. The normalized spacial score (nSPS) is 11.5. The maximum absolute atomic E-state index is 13.0. The van der Waals surface area contributed by atoms with Crippen LogP contribution >= 0.6 is 11.6 Å². The van der Waals surface area contributed by atoms with E-state index in [0.29, 0.717) is 38.9 Å². The van der Waals surface area contributed by atoms with Gasteiger partial charge in [0.05, 0.1) is 42.2 Å².